The van der Waals surface area contributed by atoms with Crippen LogP contribution in [0.25, 0.3) is 28.1 Å². The molecule has 4 rings (SSSR count). The number of nitrogens with two attached hydrogens (primary N) is 1. The SMILES string of the molecule is NCc1ccn2cc(-c3cc4ccccc4o3)nc2c1. The third-order valence-corrected chi connectivity index (χ3v) is 3.44. The molecular formula is C16H13N3O. The maximum Gasteiger partial charge on any atom is 0.155 e. The first-order valence-corrected chi connectivity index (χ1v) is 6.50. The molecule has 0 atom stereocenters. The van der Waals surface area contributed by atoms with Gasteiger partial charge in [-0.25, -0.2) is 4.98 Å². The van der Waals surface area contributed by atoms with Crippen LogP contribution in [0.2, 0.25) is 0 Å². The van der Waals surface area contributed by atoms with Crippen LogP contribution in [-0.2, 0) is 6.54 Å². The molecule has 2 N–H and O–H groups in total. The largest absolute Gasteiger partial charge is 0.454 e. The maximum absolute atomic E-state index is 5.84. The van der Waals surface area contributed by atoms with Crippen molar-refractivity contribution in [3.05, 3.63) is 60.4 Å². The Labute approximate surface area is 115 Å². The van der Waals surface area contributed by atoms with E-state index in [4.69, 9.17) is 10.2 Å². The van der Waals surface area contributed by atoms with E-state index in [9.17, 15) is 0 Å². The molecule has 0 unspecified atom stereocenters. The zero-order chi connectivity index (χ0) is 13.5. The second-order valence-corrected chi connectivity index (χ2v) is 4.78. The van der Waals surface area contributed by atoms with E-state index < -0.39 is 0 Å². The van der Waals surface area contributed by atoms with Gasteiger partial charge in [0.25, 0.3) is 0 Å². The molecule has 0 aliphatic carbocycles. The highest BCUT2D eigenvalue weighted by Crippen LogP contribution is 2.27. The van der Waals surface area contributed by atoms with Crippen molar-refractivity contribution < 1.29 is 4.42 Å². The van der Waals surface area contributed by atoms with Gasteiger partial charge in [0, 0.05) is 24.3 Å². The number of fused-ring (bicyclic) bond motifs is 2. The molecule has 0 aliphatic heterocycles. The lowest BCUT2D eigenvalue weighted by Gasteiger charge is -1.96. The Morgan fingerprint density at radius 2 is 2.05 bits per heavy atom. The van der Waals surface area contributed by atoms with Gasteiger partial charge < -0.3 is 14.6 Å². The Morgan fingerprint density at radius 1 is 1.15 bits per heavy atom. The minimum Gasteiger partial charge on any atom is -0.454 e. The lowest BCUT2D eigenvalue weighted by molar-refractivity contribution is 0.629. The van der Waals surface area contributed by atoms with Gasteiger partial charge >= 0.3 is 0 Å². The van der Waals surface area contributed by atoms with Crippen molar-refractivity contribution in [1.82, 2.24) is 9.38 Å². The summed E-state index contributed by atoms with van der Waals surface area (Å²) in [4.78, 5) is 4.60. The van der Waals surface area contributed by atoms with E-state index in [1.165, 1.54) is 0 Å². The molecule has 0 saturated carbocycles. The van der Waals surface area contributed by atoms with Gasteiger partial charge in [-0.1, -0.05) is 18.2 Å². The van der Waals surface area contributed by atoms with Gasteiger partial charge in [-0.3, -0.25) is 0 Å². The number of hydrogen-bond acceptors (Lipinski definition) is 3. The van der Waals surface area contributed by atoms with E-state index in [0.29, 0.717) is 6.54 Å². The standard InChI is InChI=1S/C16H13N3O/c17-9-11-5-6-19-10-13(18-16(19)7-11)15-8-12-3-1-2-4-14(12)20-15/h1-8,10H,9,17H2. The van der Waals surface area contributed by atoms with E-state index in [1.54, 1.807) is 0 Å². The molecule has 0 bridgehead atoms. The first kappa shape index (κ1) is 11.3. The minimum atomic E-state index is 0.517. The quantitative estimate of drug-likeness (QED) is 0.604. The van der Waals surface area contributed by atoms with Crippen LogP contribution in [0.15, 0.2) is 59.3 Å². The van der Waals surface area contributed by atoms with Gasteiger partial charge in [-0.15, -0.1) is 0 Å². The van der Waals surface area contributed by atoms with Crippen LogP contribution in [0.1, 0.15) is 5.56 Å². The van der Waals surface area contributed by atoms with E-state index in [1.807, 2.05) is 59.3 Å². The van der Waals surface area contributed by atoms with Crippen LogP contribution in [0.3, 0.4) is 0 Å². The molecule has 4 aromatic rings. The number of para-hydroxylation sites is 1. The fourth-order valence-electron chi connectivity index (χ4n) is 2.38. The average molecular weight is 263 g/mol. The van der Waals surface area contributed by atoms with Gasteiger partial charge in [0.05, 0.1) is 0 Å². The monoisotopic (exact) mass is 263 g/mol. The highest BCUT2D eigenvalue weighted by molar-refractivity contribution is 5.82. The molecular weight excluding hydrogens is 250 g/mol. The van der Waals surface area contributed by atoms with Crippen LogP contribution in [-0.4, -0.2) is 9.38 Å². The third-order valence-electron chi connectivity index (χ3n) is 3.44. The number of hydrogen-bond donors (Lipinski definition) is 1. The fraction of sp³-hybridized carbons (Fsp3) is 0.0625. The van der Waals surface area contributed by atoms with Gasteiger partial charge in [0.1, 0.15) is 16.9 Å². The number of nitrogens with zero attached hydrogens (tertiary/aromatic N) is 2. The summed E-state index contributed by atoms with van der Waals surface area (Å²) in [6, 6.07) is 14.0. The molecule has 20 heavy (non-hydrogen) atoms. The average Bonchev–Trinajstić information content (AvgIpc) is 3.09. The van der Waals surface area contributed by atoms with Crippen LogP contribution in [0.5, 0.6) is 0 Å². The zero-order valence-electron chi connectivity index (χ0n) is 10.8. The van der Waals surface area contributed by atoms with Crippen molar-refractivity contribution in [1.29, 1.82) is 0 Å². The summed E-state index contributed by atoms with van der Waals surface area (Å²) in [7, 11) is 0. The van der Waals surface area contributed by atoms with Crippen molar-refractivity contribution in [3.63, 3.8) is 0 Å². The first-order chi connectivity index (χ1) is 9.83. The molecule has 4 heteroatoms. The van der Waals surface area contributed by atoms with Crippen molar-refractivity contribution >= 4 is 16.6 Å². The van der Waals surface area contributed by atoms with Gasteiger partial charge in [0.2, 0.25) is 0 Å². The predicted molar refractivity (Wildman–Crippen MR) is 78.3 cm³/mol. The summed E-state index contributed by atoms with van der Waals surface area (Å²) in [5.74, 6) is 0.782. The number of rotatable bonds is 2. The Bertz CT molecular complexity index is 871. The second-order valence-electron chi connectivity index (χ2n) is 4.78. The van der Waals surface area contributed by atoms with Crippen molar-refractivity contribution in [2.75, 3.05) is 0 Å². The first-order valence-electron chi connectivity index (χ1n) is 6.50. The summed E-state index contributed by atoms with van der Waals surface area (Å²) < 4.78 is 7.81. The predicted octanol–water partition coefficient (Wildman–Crippen LogP) is 3.21. The molecule has 0 fully saturated rings. The number of furan rings is 1. The summed E-state index contributed by atoms with van der Waals surface area (Å²) in [6.45, 7) is 0.517. The van der Waals surface area contributed by atoms with Crippen LogP contribution in [0, 0.1) is 0 Å². The van der Waals surface area contributed by atoms with E-state index >= 15 is 0 Å². The number of benzene rings is 1. The summed E-state index contributed by atoms with van der Waals surface area (Å²) in [5.41, 5.74) is 9.31. The topological polar surface area (TPSA) is 56.5 Å². The summed E-state index contributed by atoms with van der Waals surface area (Å²) >= 11 is 0. The normalized spacial score (nSPS) is 11.4. The van der Waals surface area contributed by atoms with Crippen LogP contribution < -0.4 is 5.73 Å². The van der Waals surface area contributed by atoms with Crippen molar-refractivity contribution in [2.45, 2.75) is 6.54 Å². The Hall–Kier alpha value is -2.59. The lowest BCUT2D eigenvalue weighted by Crippen LogP contribution is -1.96. The molecule has 98 valence electrons. The van der Waals surface area contributed by atoms with Gasteiger partial charge in [-0.2, -0.15) is 0 Å². The minimum absolute atomic E-state index is 0.517. The molecule has 0 spiro atoms. The third kappa shape index (κ3) is 1.70. The molecule has 0 radical (unpaired) electrons. The molecule has 0 aliphatic rings. The molecule has 4 nitrogen and oxygen atoms in total. The summed E-state index contributed by atoms with van der Waals surface area (Å²) in [5, 5.41) is 1.09. The number of aromatic nitrogens is 2. The number of pyridine rings is 1. The molecule has 1 aromatic carbocycles. The highest BCUT2D eigenvalue weighted by atomic mass is 16.3. The Morgan fingerprint density at radius 3 is 2.90 bits per heavy atom. The molecule has 3 aromatic heterocycles. The van der Waals surface area contributed by atoms with Gasteiger partial charge in [-0.05, 0) is 29.8 Å². The van der Waals surface area contributed by atoms with Gasteiger partial charge in [0.15, 0.2) is 5.76 Å². The smallest absolute Gasteiger partial charge is 0.155 e. The Kier molecular flexibility index (Phi) is 2.37. The lowest BCUT2D eigenvalue weighted by atomic mass is 10.2. The number of imidazole rings is 1. The molecule has 3 heterocycles. The fourth-order valence-corrected chi connectivity index (χ4v) is 2.38. The van der Waals surface area contributed by atoms with Crippen molar-refractivity contribution in [2.24, 2.45) is 5.73 Å². The highest BCUT2D eigenvalue weighted by Gasteiger charge is 2.10. The van der Waals surface area contributed by atoms with Crippen LogP contribution in [0.4, 0.5) is 0 Å². The van der Waals surface area contributed by atoms with E-state index in [0.717, 1.165) is 33.6 Å². The molecule has 0 amide bonds. The summed E-state index contributed by atoms with van der Waals surface area (Å²) in [6.07, 6.45) is 3.93. The Balaban J connectivity index is 1.88. The molecule has 0 saturated heterocycles. The zero-order valence-corrected chi connectivity index (χ0v) is 10.8. The van der Waals surface area contributed by atoms with E-state index in [2.05, 4.69) is 4.98 Å². The van der Waals surface area contributed by atoms with Crippen molar-refractivity contribution in [3.8, 4) is 11.5 Å². The van der Waals surface area contributed by atoms with Crippen LogP contribution >= 0.6 is 0 Å². The maximum atomic E-state index is 5.84. The second kappa shape index (κ2) is 4.21. The van der Waals surface area contributed by atoms with E-state index in [-0.39, 0.29) is 0 Å².